The van der Waals surface area contributed by atoms with Gasteiger partial charge in [0.2, 0.25) is 5.95 Å². The second kappa shape index (κ2) is 10.1. The molecular formula is C26H19N5O3. The summed E-state index contributed by atoms with van der Waals surface area (Å²) in [6, 6.07) is 25.7. The number of carboxylic acid groups (broad SMARTS) is 1. The third kappa shape index (κ3) is 5.06. The van der Waals surface area contributed by atoms with Crippen LogP contribution >= 0.6 is 0 Å². The molecule has 4 aromatic rings. The van der Waals surface area contributed by atoms with Crippen molar-refractivity contribution in [1.82, 2.24) is 9.97 Å². The van der Waals surface area contributed by atoms with Gasteiger partial charge in [-0.2, -0.15) is 10.4 Å². The lowest BCUT2D eigenvalue weighted by Gasteiger charge is -2.08. The van der Waals surface area contributed by atoms with E-state index in [1.54, 1.807) is 36.5 Å². The Morgan fingerprint density at radius 2 is 1.74 bits per heavy atom. The van der Waals surface area contributed by atoms with Gasteiger partial charge < -0.3 is 5.11 Å². The molecule has 1 aromatic heterocycles. The van der Waals surface area contributed by atoms with Crippen molar-refractivity contribution in [1.29, 1.82) is 5.26 Å². The lowest BCUT2D eigenvalue weighted by molar-refractivity contribution is -0.136. The summed E-state index contributed by atoms with van der Waals surface area (Å²) in [6.07, 6.45) is 1.51. The molecule has 0 unspecified atom stereocenters. The minimum absolute atomic E-state index is 0.0515. The fourth-order valence-corrected chi connectivity index (χ4v) is 3.47. The second-order valence-electron chi connectivity index (χ2n) is 7.34. The quantitative estimate of drug-likeness (QED) is 0.288. The Balaban J connectivity index is 1.53. The van der Waals surface area contributed by atoms with Crippen LogP contribution in [-0.4, -0.2) is 27.3 Å². The van der Waals surface area contributed by atoms with E-state index in [1.165, 1.54) is 0 Å². The first kappa shape index (κ1) is 22.2. The fraction of sp³-hybridized carbons (Fsp3) is 0.0385. The maximum atomic E-state index is 12.3. The van der Waals surface area contributed by atoms with Crippen LogP contribution in [0.15, 0.2) is 88.8 Å². The molecule has 0 radical (unpaired) electrons. The van der Waals surface area contributed by atoms with Crippen LogP contribution in [0.1, 0.15) is 16.7 Å². The second-order valence-corrected chi connectivity index (χ2v) is 7.34. The molecule has 166 valence electrons. The molecule has 8 heteroatoms. The van der Waals surface area contributed by atoms with E-state index in [9.17, 15) is 14.9 Å². The largest absolute Gasteiger partial charge is 0.481 e. The van der Waals surface area contributed by atoms with Crippen molar-refractivity contribution in [2.75, 3.05) is 5.43 Å². The maximum Gasteiger partial charge on any atom is 0.307 e. The van der Waals surface area contributed by atoms with Crippen LogP contribution in [0, 0.1) is 11.3 Å². The van der Waals surface area contributed by atoms with Crippen molar-refractivity contribution in [3.05, 3.63) is 106 Å². The zero-order valence-corrected chi connectivity index (χ0v) is 17.9. The highest BCUT2D eigenvalue weighted by atomic mass is 16.4. The summed E-state index contributed by atoms with van der Waals surface area (Å²) in [7, 11) is 0. The van der Waals surface area contributed by atoms with Gasteiger partial charge in [-0.25, -0.2) is 10.4 Å². The molecule has 8 nitrogen and oxygen atoms in total. The van der Waals surface area contributed by atoms with Gasteiger partial charge in [-0.05, 0) is 22.3 Å². The highest BCUT2D eigenvalue weighted by Crippen LogP contribution is 2.24. The van der Waals surface area contributed by atoms with Crippen LogP contribution in [0.3, 0.4) is 0 Å². The van der Waals surface area contributed by atoms with Crippen LogP contribution in [0.2, 0.25) is 0 Å². The Morgan fingerprint density at radius 1 is 1.03 bits per heavy atom. The predicted octanol–water partition coefficient (Wildman–Crippen LogP) is 4.05. The number of aromatic nitrogens is 2. The number of aliphatic carboxylic acids is 1. The molecule has 0 saturated carbocycles. The van der Waals surface area contributed by atoms with Gasteiger partial charge in [-0.1, -0.05) is 78.9 Å². The Labute approximate surface area is 194 Å². The first-order chi connectivity index (χ1) is 16.5. The normalized spacial score (nSPS) is 10.7. The van der Waals surface area contributed by atoms with E-state index >= 15 is 0 Å². The first-order valence-electron chi connectivity index (χ1n) is 10.3. The van der Waals surface area contributed by atoms with Crippen LogP contribution < -0.4 is 11.0 Å². The highest BCUT2D eigenvalue weighted by molar-refractivity contribution is 5.82. The van der Waals surface area contributed by atoms with Crippen LogP contribution in [-0.2, 0) is 11.2 Å². The number of nitriles is 1. The fourth-order valence-electron chi connectivity index (χ4n) is 3.47. The minimum atomic E-state index is -0.882. The van der Waals surface area contributed by atoms with E-state index in [0.29, 0.717) is 5.56 Å². The van der Waals surface area contributed by atoms with E-state index in [-0.39, 0.29) is 23.6 Å². The number of nitrogens with one attached hydrogen (secondary N) is 2. The average Bonchev–Trinajstić information content (AvgIpc) is 2.85. The molecule has 3 N–H and O–H groups in total. The standard InChI is InChI=1S/C26H19N5O3/c27-15-22-24(19-6-2-1-3-7-19)29-26(30-25(22)34)31-28-16-17-10-12-18(13-11-17)21-9-5-4-8-20(21)14-23(32)33/h1-13,16H,14H2,(H,32,33)(H2,29,30,31,34). The van der Waals surface area contributed by atoms with Gasteiger partial charge in [-0.15, -0.1) is 0 Å². The first-order valence-corrected chi connectivity index (χ1v) is 10.3. The van der Waals surface area contributed by atoms with Crippen molar-refractivity contribution in [2.45, 2.75) is 6.42 Å². The lowest BCUT2D eigenvalue weighted by atomic mass is 9.97. The molecule has 0 spiro atoms. The Bertz CT molecular complexity index is 1450. The zero-order valence-electron chi connectivity index (χ0n) is 17.9. The van der Waals surface area contributed by atoms with Gasteiger partial charge in [0.05, 0.1) is 18.3 Å². The monoisotopic (exact) mass is 449 g/mol. The van der Waals surface area contributed by atoms with Crippen LogP contribution in [0.25, 0.3) is 22.4 Å². The summed E-state index contributed by atoms with van der Waals surface area (Å²) in [6.45, 7) is 0. The van der Waals surface area contributed by atoms with E-state index in [0.717, 1.165) is 22.3 Å². The van der Waals surface area contributed by atoms with Crippen molar-refractivity contribution in [2.24, 2.45) is 5.10 Å². The molecule has 0 fully saturated rings. The molecule has 0 amide bonds. The number of aromatic amines is 1. The smallest absolute Gasteiger partial charge is 0.307 e. The molecule has 0 saturated heterocycles. The van der Waals surface area contributed by atoms with E-state index in [1.807, 2.05) is 54.6 Å². The summed E-state index contributed by atoms with van der Waals surface area (Å²) in [5.74, 6) is -0.773. The van der Waals surface area contributed by atoms with Crippen molar-refractivity contribution >= 4 is 18.1 Å². The minimum Gasteiger partial charge on any atom is -0.481 e. The van der Waals surface area contributed by atoms with E-state index < -0.39 is 11.5 Å². The van der Waals surface area contributed by atoms with Gasteiger partial charge in [0.25, 0.3) is 5.56 Å². The summed E-state index contributed by atoms with van der Waals surface area (Å²) < 4.78 is 0. The molecular weight excluding hydrogens is 430 g/mol. The van der Waals surface area contributed by atoms with Gasteiger partial charge in [0, 0.05) is 5.56 Å². The molecule has 4 rings (SSSR count). The number of hydrogen-bond donors (Lipinski definition) is 3. The van der Waals surface area contributed by atoms with Gasteiger partial charge in [-0.3, -0.25) is 14.6 Å². The number of hydrazone groups is 1. The molecule has 3 aromatic carbocycles. The van der Waals surface area contributed by atoms with E-state index in [2.05, 4.69) is 20.5 Å². The Hall–Kier alpha value is -5.03. The summed E-state index contributed by atoms with van der Waals surface area (Å²) >= 11 is 0. The number of benzene rings is 3. The number of hydrogen-bond acceptors (Lipinski definition) is 6. The number of anilines is 1. The molecule has 0 atom stereocenters. The van der Waals surface area contributed by atoms with Crippen molar-refractivity contribution < 1.29 is 9.90 Å². The third-order valence-electron chi connectivity index (χ3n) is 5.04. The van der Waals surface area contributed by atoms with Crippen LogP contribution in [0.5, 0.6) is 0 Å². The molecule has 0 aliphatic carbocycles. The zero-order chi connectivity index (χ0) is 23.9. The number of rotatable bonds is 7. The SMILES string of the molecule is N#Cc1c(-c2ccccc2)nc(NN=Cc2ccc(-c3ccccc3CC(=O)O)cc2)[nH]c1=O. The van der Waals surface area contributed by atoms with Crippen LogP contribution in [0.4, 0.5) is 5.95 Å². The number of nitrogens with zero attached hydrogens (tertiary/aromatic N) is 3. The predicted molar refractivity (Wildman–Crippen MR) is 129 cm³/mol. The highest BCUT2D eigenvalue weighted by Gasteiger charge is 2.13. The number of carbonyl (C=O) groups is 1. The molecule has 34 heavy (non-hydrogen) atoms. The Morgan fingerprint density at radius 3 is 2.44 bits per heavy atom. The van der Waals surface area contributed by atoms with Crippen molar-refractivity contribution in [3.63, 3.8) is 0 Å². The number of H-pyrrole nitrogens is 1. The maximum absolute atomic E-state index is 12.3. The van der Waals surface area contributed by atoms with Gasteiger partial charge in [0.1, 0.15) is 11.6 Å². The third-order valence-corrected chi connectivity index (χ3v) is 5.04. The summed E-state index contributed by atoms with van der Waals surface area (Å²) in [5, 5.41) is 22.6. The summed E-state index contributed by atoms with van der Waals surface area (Å²) in [5.41, 5.74) is 6.27. The molecule has 0 aliphatic rings. The molecule has 0 aliphatic heterocycles. The summed E-state index contributed by atoms with van der Waals surface area (Å²) in [4.78, 5) is 30.3. The van der Waals surface area contributed by atoms with E-state index in [4.69, 9.17) is 5.11 Å². The Kier molecular flexibility index (Phi) is 6.56. The van der Waals surface area contributed by atoms with Crippen molar-refractivity contribution in [3.8, 4) is 28.5 Å². The van der Waals surface area contributed by atoms with Gasteiger partial charge >= 0.3 is 5.97 Å². The average molecular weight is 449 g/mol. The number of carboxylic acids is 1. The van der Waals surface area contributed by atoms with Gasteiger partial charge in [0.15, 0.2) is 0 Å². The molecule has 1 heterocycles. The molecule has 0 bridgehead atoms. The lowest BCUT2D eigenvalue weighted by Crippen LogP contribution is -2.16. The topological polar surface area (TPSA) is 131 Å².